The average Bonchev–Trinajstić information content (AvgIpc) is 2.78. The molecule has 0 aliphatic heterocycles. The maximum atomic E-state index is 12.3. The largest absolute Gasteiger partial charge is 0.376 e. The molecule has 0 aliphatic rings. The molecule has 0 atom stereocenters. The van der Waals surface area contributed by atoms with Gasteiger partial charge in [-0.2, -0.15) is 0 Å². The first-order valence-electron chi connectivity index (χ1n) is 9.83. The van der Waals surface area contributed by atoms with Crippen molar-refractivity contribution in [1.29, 1.82) is 0 Å². The Labute approximate surface area is 180 Å². The summed E-state index contributed by atoms with van der Waals surface area (Å²) in [6, 6.07) is 23.5. The van der Waals surface area contributed by atoms with Gasteiger partial charge in [0.25, 0.3) is 5.91 Å². The highest BCUT2D eigenvalue weighted by atomic mass is 16.2. The standard InChI is InChI=1S/C24H24N4O3/c1-17(29)27-21-13-11-20(12-14-21)25-16-23(30)28-22-9-7-19(8-10-22)24(31)26-15-18-5-3-2-4-6-18/h2-14,25H,15-16H2,1H3,(H,26,31)(H,27,29)(H,28,30). The molecule has 0 aromatic heterocycles. The lowest BCUT2D eigenvalue weighted by Gasteiger charge is -2.10. The Morgan fingerprint density at radius 1 is 0.710 bits per heavy atom. The van der Waals surface area contributed by atoms with E-state index in [4.69, 9.17) is 0 Å². The van der Waals surface area contributed by atoms with E-state index < -0.39 is 0 Å². The molecule has 3 rings (SSSR count). The van der Waals surface area contributed by atoms with Gasteiger partial charge < -0.3 is 21.3 Å². The average molecular weight is 416 g/mol. The maximum absolute atomic E-state index is 12.3. The van der Waals surface area contributed by atoms with E-state index in [0.29, 0.717) is 23.5 Å². The molecule has 3 amide bonds. The number of rotatable bonds is 8. The van der Waals surface area contributed by atoms with E-state index >= 15 is 0 Å². The summed E-state index contributed by atoms with van der Waals surface area (Å²) in [7, 11) is 0. The zero-order chi connectivity index (χ0) is 22.1. The Hall–Kier alpha value is -4.13. The van der Waals surface area contributed by atoms with Gasteiger partial charge in [0.15, 0.2) is 0 Å². The fourth-order valence-electron chi connectivity index (χ4n) is 2.85. The minimum absolute atomic E-state index is 0.0821. The molecule has 0 radical (unpaired) electrons. The van der Waals surface area contributed by atoms with Crippen LogP contribution in [0.4, 0.5) is 17.1 Å². The van der Waals surface area contributed by atoms with Crippen LogP contribution in [0.5, 0.6) is 0 Å². The number of anilines is 3. The lowest BCUT2D eigenvalue weighted by atomic mass is 10.1. The van der Waals surface area contributed by atoms with Crippen LogP contribution in [0.2, 0.25) is 0 Å². The van der Waals surface area contributed by atoms with E-state index in [1.807, 2.05) is 30.3 Å². The van der Waals surface area contributed by atoms with Gasteiger partial charge in [-0.1, -0.05) is 30.3 Å². The predicted molar refractivity (Wildman–Crippen MR) is 122 cm³/mol. The predicted octanol–water partition coefficient (Wildman–Crippen LogP) is 3.63. The summed E-state index contributed by atoms with van der Waals surface area (Å²) in [6.45, 7) is 1.98. The molecule has 0 fully saturated rings. The van der Waals surface area contributed by atoms with Gasteiger partial charge in [-0.3, -0.25) is 14.4 Å². The lowest BCUT2D eigenvalue weighted by Crippen LogP contribution is -2.23. The highest BCUT2D eigenvalue weighted by Crippen LogP contribution is 2.14. The Morgan fingerprint density at radius 3 is 1.94 bits per heavy atom. The molecule has 3 aromatic rings. The number of nitrogens with one attached hydrogen (secondary N) is 4. The van der Waals surface area contributed by atoms with Gasteiger partial charge in [0.1, 0.15) is 0 Å². The molecule has 0 saturated heterocycles. The van der Waals surface area contributed by atoms with E-state index in [1.54, 1.807) is 48.5 Å². The van der Waals surface area contributed by atoms with Crippen molar-refractivity contribution in [3.05, 3.63) is 90.0 Å². The second kappa shape index (κ2) is 10.6. The van der Waals surface area contributed by atoms with Crippen molar-refractivity contribution in [3.63, 3.8) is 0 Å². The number of hydrogen-bond donors (Lipinski definition) is 4. The molecule has 7 nitrogen and oxygen atoms in total. The normalized spacial score (nSPS) is 10.1. The van der Waals surface area contributed by atoms with Crippen LogP contribution in [-0.2, 0) is 16.1 Å². The fourth-order valence-corrected chi connectivity index (χ4v) is 2.85. The van der Waals surface area contributed by atoms with E-state index in [1.165, 1.54) is 6.92 Å². The molecule has 7 heteroatoms. The molecule has 3 aromatic carbocycles. The SMILES string of the molecule is CC(=O)Nc1ccc(NCC(=O)Nc2ccc(C(=O)NCc3ccccc3)cc2)cc1. The van der Waals surface area contributed by atoms with Crippen molar-refractivity contribution >= 4 is 34.8 Å². The van der Waals surface area contributed by atoms with Crippen LogP contribution >= 0.6 is 0 Å². The fraction of sp³-hybridized carbons (Fsp3) is 0.125. The number of carbonyl (C=O) groups excluding carboxylic acids is 3. The molecule has 0 heterocycles. The number of benzene rings is 3. The minimum Gasteiger partial charge on any atom is -0.376 e. The smallest absolute Gasteiger partial charge is 0.251 e. The van der Waals surface area contributed by atoms with E-state index in [-0.39, 0.29) is 24.3 Å². The first kappa shape index (κ1) is 21.6. The molecule has 31 heavy (non-hydrogen) atoms. The summed E-state index contributed by atoms with van der Waals surface area (Å²) in [5.41, 5.74) is 3.60. The third-order valence-electron chi connectivity index (χ3n) is 4.39. The molecule has 158 valence electrons. The van der Waals surface area contributed by atoms with Crippen molar-refractivity contribution in [3.8, 4) is 0 Å². The van der Waals surface area contributed by atoms with E-state index in [9.17, 15) is 14.4 Å². The summed E-state index contributed by atoms with van der Waals surface area (Å²) in [6.07, 6.45) is 0. The molecular formula is C24H24N4O3. The van der Waals surface area contributed by atoms with E-state index in [2.05, 4.69) is 21.3 Å². The van der Waals surface area contributed by atoms with Gasteiger partial charge >= 0.3 is 0 Å². The van der Waals surface area contributed by atoms with Crippen LogP contribution < -0.4 is 21.3 Å². The van der Waals surface area contributed by atoms with Crippen molar-refractivity contribution in [2.24, 2.45) is 0 Å². The molecule has 0 aliphatic carbocycles. The van der Waals surface area contributed by atoms with Gasteiger partial charge in [-0.05, 0) is 54.1 Å². The van der Waals surface area contributed by atoms with Crippen LogP contribution in [-0.4, -0.2) is 24.3 Å². The Kier molecular flexibility index (Phi) is 7.37. The van der Waals surface area contributed by atoms with Crippen LogP contribution in [0.15, 0.2) is 78.9 Å². The molecular weight excluding hydrogens is 392 g/mol. The first-order valence-corrected chi connectivity index (χ1v) is 9.83. The summed E-state index contributed by atoms with van der Waals surface area (Å²) < 4.78 is 0. The topological polar surface area (TPSA) is 99.3 Å². The highest BCUT2D eigenvalue weighted by Gasteiger charge is 2.07. The summed E-state index contributed by atoms with van der Waals surface area (Å²) in [5.74, 6) is -0.530. The monoisotopic (exact) mass is 416 g/mol. The van der Waals surface area contributed by atoms with Gasteiger partial charge in [0, 0.05) is 36.1 Å². The Balaban J connectivity index is 1.45. The zero-order valence-corrected chi connectivity index (χ0v) is 17.1. The number of carbonyl (C=O) groups is 3. The van der Waals surface area contributed by atoms with Gasteiger partial charge in [0.05, 0.1) is 6.54 Å². The van der Waals surface area contributed by atoms with Crippen molar-refractivity contribution in [2.75, 3.05) is 22.5 Å². The van der Waals surface area contributed by atoms with Crippen LogP contribution in [0, 0.1) is 0 Å². The lowest BCUT2D eigenvalue weighted by molar-refractivity contribution is -0.115. The van der Waals surface area contributed by atoms with Crippen LogP contribution in [0.1, 0.15) is 22.8 Å². The highest BCUT2D eigenvalue weighted by molar-refractivity contribution is 5.96. The van der Waals surface area contributed by atoms with Crippen molar-refractivity contribution < 1.29 is 14.4 Å². The summed E-state index contributed by atoms with van der Waals surface area (Å²) in [4.78, 5) is 35.5. The minimum atomic E-state index is -0.216. The Morgan fingerprint density at radius 2 is 1.29 bits per heavy atom. The molecule has 0 unspecified atom stereocenters. The second-order valence-electron chi connectivity index (χ2n) is 6.91. The Bertz CT molecular complexity index is 1030. The maximum Gasteiger partial charge on any atom is 0.251 e. The van der Waals surface area contributed by atoms with Crippen LogP contribution in [0.25, 0.3) is 0 Å². The molecule has 4 N–H and O–H groups in total. The van der Waals surface area contributed by atoms with Crippen molar-refractivity contribution in [1.82, 2.24) is 5.32 Å². The number of amides is 3. The second-order valence-corrected chi connectivity index (χ2v) is 6.91. The zero-order valence-electron chi connectivity index (χ0n) is 17.1. The third kappa shape index (κ3) is 7.01. The summed E-state index contributed by atoms with van der Waals surface area (Å²) >= 11 is 0. The third-order valence-corrected chi connectivity index (χ3v) is 4.39. The first-order chi connectivity index (χ1) is 15.0. The van der Waals surface area contributed by atoms with E-state index in [0.717, 1.165) is 11.3 Å². The molecule has 0 spiro atoms. The molecule has 0 saturated carbocycles. The van der Waals surface area contributed by atoms with Crippen LogP contribution in [0.3, 0.4) is 0 Å². The summed E-state index contributed by atoms with van der Waals surface area (Å²) in [5, 5.41) is 11.4. The van der Waals surface area contributed by atoms with Gasteiger partial charge in [0.2, 0.25) is 11.8 Å². The quantitative estimate of drug-likeness (QED) is 0.451. The number of hydrogen-bond acceptors (Lipinski definition) is 4. The molecule has 0 bridgehead atoms. The van der Waals surface area contributed by atoms with Gasteiger partial charge in [-0.15, -0.1) is 0 Å². The van der Waals surface area contributed by atoms with Gasteiger partial charge in [-0.25, -0.2) is 0 Å². The van der Waals surface area contributed by atoms with Crippen molar-refractivity contribution in [2.45, 2.75) is 13.5 Å².